The molecule has 2 aromatic carbocycles. The molecule has 0 saturated carbocycles. The van der Waals surface area contributed by atoms with Crippen molar-refractivity contribution < 1.29 is 22.8 Å². The molecule has 3 rings (SSSR count). The maximum Gasteiger partial charge on any atom is 0.416 e. The molecule has 0 aliphatic rings. The molecule has 0 spiro atoms. The summed E-state index contributed by atoms with van der Waals surface area (Å²) in [5.74, 6) is -0.661. The van der Waals surface area contributed by atoms with Crippen molar-refractivity contribution >= 4 is 23.6 Å². The zero-order chi connectivity index (χ0) is 23.3. The topological polar surface area (TPSA) is 84.0 Å². The van der Waals surface area contributed by atoms with E-state index in [1.54, 1.807) is 24.3 Å². The van der Waals surface area contributed by atoms with E-state index in [9.17, 15) is 22.8 Å². The van der Waals surface area contributed by atoms with Crippen LogP contribution in [0.2, 0.25) is 0 Å². The number of nitrogens with zero attached hydrogens (tertiary/aromatic N) is 2. The first-order valence-electron chi connectivity index (χ1n) is 9.44. The van der Waals surface area contributed by atoms with E-state index in [-0.39, 0.29) is 5.56 Å². The summed E-state index contributed by atoms with van der Waals surface area (Å²) in [5.41, 5.74) is 6.62. The predicted molar refractivity (Wildman–Crippen MR) is 114 cm³/mol. The Hall–Kier alpha value is -3.40. The zero-order valence-corrected chi connectivity index (χ0v) is 18.0. The fourth-order valence-corrected chi connectivity index (χ4v) is 3.63. The quantitative estimate of drug-likeness (QED) is 0.333. The molecule has 2 amide bonds. The highest BCUT2D eigenvalue weighted by atomic mass is 32.2. The monoisotopic (exact) mass is 460 g/mol. The first-order valence-corrected chi connectivity index (χ1v) is 10.4. The highest BCUT2D eigenvalue weighted by Crippen LogP contribution is 2.29. The minimum absolute atomic E-state index is 0.0146. The minimum atomic E-state index is -4.49. The van der Waals surface area contributed by atoms with Crippen molar-refractivity contribution in [2.45, 2.75) is 30.9 Å². The number of rotatable bonds is 5. The van der Waals surface area contributed by atoms with Gasteiger partial charge < -0.3 is 0 Å². The number of thioether (sulfide) groups is 1. The molecular weight excluding hydrogens is 441 g/mol. The lowest BCUT2D eigenvalue weighted by Gasteiger charge is -2.10. The van der Waals surface area contributed by atoms with E-state index in [1.165, 1.54) is 11.8 Å². The van der Waals surface area contributed by atoms with Crippen LogP contribution in [0.3, 0.4) is 0 Å². The predicted octanol–water partition coefficient (Wildman–Crippen LogP) is 4.48. The molecule has 32 heavy (non-hydrogen) atoms. The summed E-state index contributed by atoms with van der Waals surface area (Å²) >= 11 is 1.48. The molecule has 2 N–H and O–H groups in total. The molecule has 0 fully saturated rings. The number of hydrogen-bond acceptors (Lipinski definition) is 5. The van der Waals surface area contributed by atoms with Crippen LogP contribution >= 0.6 is 11.8 Å². The van der Waals surface area contributed by atoms with Crippen LogP contribution in [0.4, 0.5) is 13.2 Å². The van der Waals surface area contributed by atoms with Crippen LogP contribution in [0, 0.1) is 13.8 Å². The Labute approximate surface area is 186 Å². The first-order chi connectivity index (χ1) is 15.1. The van der Waals surface area contributed by atoms with Crippen molar-refractivity contribution in [1.82, 2.24) is 20.8 Å². The second kappa shape index (κ2) is 9.82. The van der Waals surface area contributed by atoms with E-state index in [1.807, 2.05) is 19.9 Å². The molecule has 10 heteroatoms. The summed E-state index contributed by atoms with van der Waals surface area (Å²) in [6.07, 6.45) is -4.49. The maximum absolute atomic E-state index is 12.6. The van der Waals surface area contributed by atoms with Gasteiger partial charge in [-0.25, -0.2) is 9.97 Å². The number of nitrogens with one attached hydrogen (secondary N) is 2. The molecule has 1 heterocycles. The Balaban J connectivity index is 1.52. The SMILES string of the molecule is Cc1cc(C)nc(SCc2ccc(C(=O)NNC(=O)c3ccc(C(F)(F)F)cc3)cc2)n1. The number of halogens is 3. The summed E-state index contributed by atoms with van der Waals surface area (Å²) < 4.78 is 37.8. The van der Waals surface area contributed by atoms with Crippen molar-refractivity contribution in [2.24, 2.45) is 0 Å². The van der Waals surface area contributed by atoms with Crippen LogP contribution < -0.4 is 10.9 Å². The largest absolute Gasteiger partial charge is 0.416 e. The molecule has 166 valence electrons. The van der Waals surface area contributed by atoms with Crippen molar-refractivity contribution in [3.8, 4) is 0 Å². The van der Waals surface area contributed by atoms with E-state index in [4.69, 9.17) is 0 Å². The smallest absolute Gasteiger partial charge is 0.267 e. The van der Waals surface area contributed by atoms with Crippen LogP contribution in [0.5, 0.6) is 0 Å². The fourth-order valence-electron chi connectivity index (χ4n) is 2.73. The average Bonchev–Trinajstić information content (AvgIpc) is 2.75. The number of benzene rings is 2. The number of hydrazine groups is 1. The minimum Gasteiger partial charge on any atom is -0.267 e. The second-order valence-electron chi connectivity index (χ2n) is 6.90. The first kappa shape index (κ1) is 23.3. The number of aryl methyl sites for hydroxylation is 2. The Morgan fingerprint density at radius 3 is 1.78 bits per heavy atom. The van der Waals surface area contributed by atoms with Gasteiger partial charge in [-0.3, -0.25) is 20.4 Å². The number of carbonyl (C=O) groups excluding carboxylic acids is 2. The zero-order valence-electron chi connectivity index (χ0n) is 17.2. The average molecular weight is 460 g/mol. The van der Waals surface area contributed by atoms with E-state index >= 15 is 0 Å². The molecular formula is C22H19F3N4O2S. The molecule has 1 aromatic heterocycles. The second-order valence-corrected chi connectivity index (χ2v) is 7.84. The third-order valence-corrected chi connectivity index (χ3v) is 5.23. The molecule has 0 aliphatic carbocycles. The van der Waals surface area contributed by atoms with Gasteiger partial charge in [-0.1, -0.05) is 23.9 Å². The Kier molecular flexibility index (Phi) is 7.14. The number of carbonyl (C=O) groups is 2. The van der Waals surface area contributed by atoms with Gasteiger partial charge >= 0.3 is 6.18 Å². The van der Waals surface area contributed by atoms with Gasteiger partial charge in [-0.2, -0.15) is 13.2 Å². The molecule has 0 saturated heterocycles. The lowest BCUT2D eigenvalue weighted by atomic mass is 10.1. The molecule has 0 unspecified atom stereocenters. The van der Waals surface area contributed by atoms with Crippen LogP contribution in [-0.4, -0.2) is 21.8 Å². The third-order valence-electron chi connectivity index (χ3n) is 4.31. The number of alkyl halides is 3. The standard InChI is InChI=1S/C22H19F3N4O2S/c1-13-11-14(2)27-21(26-13)32-12-15-3-5-16(6-4-15)19(30)28-29-20(31)17-7-9-18(10-8-17)22(23,24)25/h3-11H,12H2,1-2H3,(H,28,30)(H,29,31). The molecule has 0 radical (unpaired) electrons. The van der Waals surface area contributed by atoms with Gasteiger partial charge in [0, 0.05) is 28.3 Å². The van der Waals surface area contributed by atoms with Crippen LogP contribution in [-0.2, 0) is 11.9 Å². The van der Waals surface area contributed by atoms with Gasteiger partial charge in [0.05, 0.1) is 5.56 Å². The van der Waals surface area contributed by atoms with Crippen molar-refractivity contribution in [2.75, 3.05) is 0 Å². The normalized spacial score (nSPS) is 11.2. The Bertz CT molecular complexity index is 1100. The molecule has 0 atom stereocenters. The molecule has 0 aliphatic heterocycles. The van der Waals surface area contributed by atoms with Gasteiger partial charge in [0.1, 0.15) is 0 Å². The van der Waals surface area contributed by atoms with Crippen LogP contribution in [0.25, 0.3) is 0 Å². The van der Waals surface area contributed by atoms with Gasteiger partial charge in [0.15, 0.2) is 5.16 Å². The highest BCUT2D eigenvalue weighted by molar-refractivity contribution is 7.98. The van der Waals surface area contributed by atoms with Gasteiger partial charge in [-0.05, 0) is 61.9 Å². The van der Waals surface area contributed by atoms with E-state index in [0.717, 1.165) is 41.2 Å². The van der Waals surface area contributed by atoms with Crippen LogP contribution in [0.15, 0.2) is 59.8 Å². The summed E-state index contributed by atoms with van der Waals surface area (Å²) in [5, 5.41) is 0.676. The fraction of sp³-hybridized carbons (Fsp3) is 0.182. The number of hydrogen-bond donors (Lipinski definition) is 2. The van der Waals surface area contributed by atoms with Crippen molar-refractivity contribution in [1.29, 1.82) is 0 Å². The molecule has 0 bridgehead atoms. The van der Waals surface area contributed by atoms with E-state index in [0.29, 0.717) is 16.5 Å². The summed E-state index contributed by atoms with van der Waals surface area (Å²) in [6, 6.07) is 12.4. The van der Waals surface area contributed by atoms with E-state index in [2.05, 4.69) is 20.8 Å². The Morgan fingerprint density at radius 1 is 0.844 bits per heavy atom. The maximum atomic E-state index is 12.6. The van der Waals surface area contributed by atoms with Gasteiger partial charge in [0.25, 0.3) is 11.8 Å². The molecule has 6 nitrogen and oxygen atoms in total. The lowest BCUT2D eigenvalue weighted by molar-refractivity contribution is -0.137. The highest BCUT2D eigenvalue weighted by Gasteiger charge is 2.30. The van der Waals surface area contributed by atoms with Crippen molar-refractivity contribution in [3.63, 3.8) is 0 Å². The van der Waals surface area contributed by atoms with Crippen molar-refractivity contribution in [3.05, 3.63) is 88.2 Å². The Morgan fingerprint density at radius 2 is 1.31 bits per heavy atom. The van der Waals surface area contributed by atoms with Gasteiger partial charge in [0.2, 0.25) is 0 Å². The number of aromatic nitrogens is 2. The lowest BCUT2D eigenvalue weighted by Crippen LogP contribution is -2.41. The van der Waals surface area contributed by atoms with Gasteiger partial charge in [-0.15, -0.1) is 0 Å². The third kappa shape index (κ3) is 6.30. The molecule has 3 aromatic rings. The summed E-state index contributed by atoms with van der Waals surface area (Å²) in [4.78, 5) is 33.0. The summed E-state index contributed by atoms with van der Waals surface area (Å²) in [7, 11) is 0. The van der Waals surface area contributed by atoms with Crippen LogP contribution in [0.1, 0.15) is 43.2 Å². The summed E-state index contributed by atoms with van der Waals surface area (Å²) in [6.45, 7) is 3.81. The van der Waals surface area contributed by atoms with E-state index < -0.39 is 23.6 Å². The number of amides is 2.